The Balaban J connectivity index is 1.40. The van der Waals surface area contributed by atoms with Crippen LogP contribution in [0.2, 0.25) is 0 Å². The molecule has 2 N–H and O–H groups in total. The fraction of sp³-hybridized carbons (Fsp3) is 0.233. The van der Waals surface area contributed by atoms with Crippen LogP contribution in [0.25, 0.3) is 10.8 Å². The van der Waals surface area contributed by atoms with Crippen LogP contribution < -0.4 is 10.1 Å². The summed E-state index contributed by atoms with van der Waals surface area (Å²) in [5.74, 6) is 0.0659. The summed E-state index contributed by atoms with van der Waals surface area (Å²) in [6, 6.07) is 28.6. The van der Waals surface area contributed by atoms with E-state index in [9.17, 15) is 9.90 Å². The van der Waals surface area contributed by atoms with E-state index in [1.54, 1.807) is 6.07 Å². The van der Waals surface area contributed by atoms with Gasteiger partial charge in [-0.25, -0.2) is 4.79 Å². The molecule has 0 saturated carbocycles. The third-order valence-electron chi connectivity index (χ3n) is 6.93. The van der Waals surface area contributed by atoms with E-state index in [2.05, 4.69) is 67.7 Å². The Hall–Kier alpha value is -3.63. The minimum atomic E-state index is -0.899. The summed E-state index contributed by atoms with van der Waals surface area (Å²) < 4.78 is 6.40. The maximum atomic E-state index is 11.6. The topological polar surface area (TPSA) is 58.6 Å². The van der Waals surface area contributed by atoms with E-state index in [-0.39, 0.29) is 18.1 Å². The monoisotopic (exact) mass is 451 g/mol. The molecular formula is C30H29NO3. The van der Waals surface area contributed by atoms with Crippen molar-refractivity contribution in [3.05, 3.63) is 113 Å². The molecule has 0 fully saturated rings. The fourth-order valence-corrected chi connectivity index (χ4v) is 5.11. The molecule has 3 atom stereocenters. The number of aryl methyl sites for hydroxylation is 1. The molecule has 1 aliphatic heterocycles. The van der Waals surface area contributed by atoms with E-state index >= 15 is 0 Å². The van der Waals surface area contributed by atoms with Gasteiger partial charge in [-0.2, -0.15) is 0 Å². The lowest BCUT2D eigenvalue weighted by Gasteiger charge is -2.34. The summed E-state index contributed by atoms with van der Waals surface area (Å²) in [6.45, 7) is 4.94. The number of fused-ring (bicyclic) bond motifs is 2. The van der Waals surface area contributed by atoms with Gasteiger partial charge in [0, 0.05) is 24.1 Å². The number of nitrogens with one attached hydrogen (secondary N) is 1. The molecule has 0 bridgehead atoms. The molecule has 0 saturated heterocycles. The largest absolute Gasteiger partial charge is 0.489 e. The summed E-state index contributed by atoms with van der Waals surface area (Å²) >= 11 is 0. The van der Waals surface area contributed by atoms with Gasteiger partial charge in [0.25, 0.3) is 0 Å². The number of hydrogen-bond donors (Lipinski definition) is 2. The summed E-state index contributed by atoms with van der Waals surface area (Å²) in [5, 5.41) is 15.7. The van der Waals surface area contributed by atoms with E-state index in [1.165, 1.54) is 16.3 Å². The number of rotatable bonds is 6. The summed E-state index contributed by atoms with van der Waals surface area (Å²) in [7, 11) is 0. The van der Waals surface area contributed by atoms with Gasteiger partial charge in [0.15, 0.2) is 0 Å². The van der Waals surface area contributed by atoms with Crippen molar-refractivity contribution in [2.75, 3.05) is 6.54 Å². The van der Waals surface area contributed by atoms with Crippen molar-refractivity contribution in [3.63, 3.8) is 0 Å². The van der Waals surface area contributed by atoms with E-state index < -0.39 is 5.97 Å². The van der Waals surface area contributed by atoms with Gasteiger partial charge in [-0.15, -0.1) is 0 Å². The van der Waals surface area contributed by atoms with Crippen molar-refractivity contribution < 1.29 is 14.6 Å². The zero-order valence-corrected chi connectivity index (χ0v) is 19.5. The zero-order valence-electron chi connectivity index (χ0n) is 19.5. The average Bonchev–Trinajstić information content (AvgIpc) is 2.86. The van der Waals surface area contributed by atoms with Gasteiger partial charge in [-0.05, 0) is 65.9 Å². The first-order valence-corrected chi connectivity index (χ1v) is 11.8. The highest BCUT2D eigenvalue weighted by atomic mass is 16.5. The highest BCUT2D eigenvalue weighted by Crippen LogP contribution is 2.41. The Morgan fingerprint density at radius 3 is 2.62 bits per heavy atom. The standard InChI is InChI=1S/C30H29NO3/c1-19-14-15-22(30(32)33)16-27(19)28-17-23(34-29-13-6-5-11-26(28)29)18-31-20(2)24-12-7-9-21-8-3-4-10-25(21)24/h3-16,20,23,28,31H,17-18H2,1-2H3,(H,32,33)/t20-,23?,28?/m1/s1. The van der Waals surface area contributed by atoms with Crippen molar-refractivity contribution in [2.45, 2.75) is 38.3 Å². The Morgan fingerprint density at radius 1 is 1.00 bits per heavy atom. The number of carbonyl (C=O) groups is 1. The van der Waals surface area contributed by atoms with E-state index in [1.807, 2.05) is 30.3 Å². The van der Waals surface area contributed by atoms with Gasteiger partial charge in [-0.3, -0.25) is 0 Å². The van der Waals surface area contributed by atoms with Crippen molar-refractivity contribution in [2.24, 2.45) is 0 Å². The van der Waals surface area contributed by atoms with Crippen LogP contribution in [0, 0.1) is 6.92 Å². The number of aromatic carboxylic acids is 1. The third kappa shape index (κ3) is 4.29. The number of benzene rings is 4. The van der Waals surface area contributed by atoms with Gasteiger partial charge >= 0.3 is 5.97 Å². The molecule has 0 aromatic heterocycles. The minimum Gasteiger partial charge on any atom is -0.489 e. The van der Waals surface area contributed by atoms with Crippen LogP contribution in [0.5, 0.6) is 5.75 Å². The molecule has 5 rings (SSSR count). The second-order valence-electron chi connectivity index (χ2n) is 9.14. The van der Waals surface area contributed by atoms with Crippen LogP contribution in [-0.2, 0) is 0 Å². The first-order chi connectivity index (χ1) is 16.5. The molecule has 34 heavy (non-hydrogen) atoms. The number of hydrogen-bond acceptors (Lipinski definition) is 3. The molecule has 2 unspecified atom stereocenters. The lowest BCUT2D eigenvalue weighted by atomic mass is 9.81. The van der Waals surface area contributed by atoms with E-state index in [0.29, 0.717) is 12.1 Å². The maximum Gasteiger partial charge on any atom is 0.335 e. The summed E-state index contributed by atoms with van der Waals surface area (Å²) in [5.41, 5.74) is 4.87. The maximum absolute atomic E-state index is 11.6. The smallest absolute Gasteiger partial charge is 0.335 e. The van der Waals surface area contributed by atoms with Crippen LogP contribution in [0.4, 0.5) is 0 Å². The van der Waals surface area contributed by atoms with Gasteiger partial charge in [0.05, 0.1) is 5.56 Å². The Bertz CT molecular complexity index is 1340. The van der Waals surface area contributed by atoms with Crippen molar-refractivity contribution in [1.82, 2.24) is 5.32 Å². The van der Waals surface area contributed by atoms with Gasteiger partial charge < -0.3 is 15.2 Å². The molecule has 1 heterocycles. The SMILES string of the molecule is Cc1ccc(C(=O)O)cc1C1CC(CN[C@H](C)c2cccc3ccccc23)Oc2ccccc21. The molecule has 172 valence electrons. The number of para-hydroxylation sites is 1. The molecule has 0 radical (unpaired) electrons. The normalized spacial score (nSPS) is 18.2. The van der Waals surface area contributed by atoms with Crippen molar-refractivity contribution in [3.8, 4) is 5.75 Å². The second kappa shape index (κ2) is 9.32. The highest BCUT2D eigenvalue weighted by Gasteiger charge is 2.30. The molecule has 1 aliphatic rings. The predicted molar refractivity (Wildman–Crippen MR) is 136 cm³/mol. The average molecular weight is 452 g/mol. The van der Waals surface area contributed by atoms with Gasteiger partial charge in [0.2, 0.25) is 0 Å². The molecule has 4 heteroatoms. The Morgan fingerprint density at radius 2 is 1.76 bits per heavy atom. The summed E-state index contributed by atoms with van der Waals surface area (Å²) in [6.07, 6.45) is 0.765. The lowest BCUT2D eigenvalue weighted by Crippen LogP contribution is -2.37. The Labute approximate surface area is 200 Å². The molecule has 0 spiro atoms. The lowest BCUT2D eigenvalue weighted by molar-refractivity contribution is 0.0696. The van der Waals surface area contributed by atoms with Crippen LogP contribution in [-0.4, -0.2) is 23.7 Å². The number of carboxylic acid groups (broad SMARTS) is 1. The first-order valence-electron chi connectivity index (χ1n) is 11.8. The second-order valence-corrected chi connectivity index (χ2v) is 9.14. The molecule has 4 aromatic carbocycles. The van der Waals surface area contributed by atoms with E-state index in [0.717, 1.165) is 28.9 Å². The minimum absolute atomic E-state index is 0.0230. The number of carboxylic acids is 1. The molecule has 4 aromatic rings. The van der Waals surface area contributed by atoms with Crippen LogP contribution >= 0.6 is 0 Å². The first kappa shape index (κ1) is 22.2. The third-order valence-corrected chi connectivity index (χ3v) is 6.93. The highest BCUT2D eigenvalue weighted by molar-refractivity contribution is 5.88. The molecular weight excluding hydrogens is 422 g/mol. The van der Waals surface area contributed by atoms with Gasteiger partial charge in [-0.1, -0.05) is 66.7 Å². The molecule has 4 nitrogen and oxygen atoms in total. The van der Waals surface area contributed by atoms with E-state index in [4.69, 9.17) is 4.74 Å². The Kier molecular flexibility index (Phi) is 6.08. The van der Waals surface area contributed by atoms with Crippen molar-refractivity contribution >= 4 is 16.7 Å². The number of ether oxygens (including phenoxy) is 1. The van der Waals surface area contributed by atoms with Gasteiger partial charge in [0.1, 0.15) is 11.9 Å². The van der Waals surface area contributed by atoms with Crippen LogP contribution in [0.1, 0.15) is 57.9 Å². The zero-order chi connectivity index (χ0) is 23.7. The molecule has 0 amide bonds. The quantitative estimate of drug-likeness (QED) is 0.352. The predicted octanol–water partition coefficient (Wildman–Crippen LogP) is 6.48. The fourth-order valence-electron chi connectivity index (χ4n) is 5.11. The van der Waals surface area contributed by atoms with Crippen LogP contribution in [0.15, 0.2) is 84.9 Å². The van der Waals surface area contributed by atoms with Crippen molar-refractivity contribution in [1.29, 1.82) is 0 Å². The van der Waals surface area contributed by atoms with Crippen LogP contribution in [0.3, 0.4) is 0 Å². The summed E-state index contributed by atoms with van der Waals surface area (Å²) in [4.78, 5) is 11.6. The molecule has 0 aliphatic carbocycles.